The van der Waals surface area contributed by atoms with Crippen molar-refractivity contribution in [2.24, 2.45) is 5.40 Å². The maximum absolute atomic E-state index is 5.86. The summed E-state index contributed by atoms with van der Waals surface area (Å²) >= 11 is 0. The van der Waals surface area contributed by atoms with E-state index in [1.165, 1.54) is 12.8 Å². The molecule has 1 aliphatic heterocycles. The fourth-order valence-corrected chi connectivity index (χ4v) is 2.79. The fraction of sp³-hybridized carbons (Fsp3) is 0.667. The van der Waals surface area contributed by atoms with E-state index in [0.717, 1.165) is 12.7 Å². The molecule has 3 heteroatoms. The third kappa shape index (κ3) is 1.64. The zero-order chi connectivity index (χ0) is 6.74. The van der Waals surface area contributed by atoms with Gasteiger partial charge in [-0.15, -0.1) is 6.58 Å². The number of nitrogens with two attached hydrogens (primary N) is 1. The molecular weight excluding hydrogens is 130 g/mol. The number of rotatable bonds is 1. The number of hydrogen-bond donors (Lipinski definition) is 1. The quantitative estimate of drug-likeness (QED) is 0.554. The Morgan fingerprint density at radius 2 is 2.33 bits per heavy atom. The molecule has 0 saturated carbocycles. The molecule has 0 radical (unpaired) electrons. The summed E-state index contributed by atoms with van der Waals surface area (Å²) < 4.78 is 5.41. The summed E-state index contributed by atoms with van der Waals surface area (Å²) in [6.45, 7) is 4.51. The summed E-state index contributed by atoms with van der Waals surface area (Å²) in [5.41, 5.74) is 1.83. The summed E-state index contributed by atoms with van der Waals surface area (Å²) in [6, 6.07) is 1.05. The van der Waals surface area contributed by atoms with Crippen molar-refractivity contribution in [3.8, 4) is 0 Å². The van der Waals surface area contributed by atoms with Crippen LogP contribution >= 0.6 is 0 Å². The van der Waals surface area contributed by atoms with Gasteiger partial charge >= 0.3 is 0 Å². The van der Waals surface area contributed by atoms with Crippen molar-refractivity contribution in [2.45, 2.75) is 18.9 Å². The Labute approximate surface area is 56.9 Å². The van der Waals surface area contributed by atoms with Crippen molar-refractivity contribution in [1.82, 2.24) is 0 Å². The topological polar surface area (TPSA) is 35.2 Å². The van der Waals surface area contributed by atoms with Crippen molar-refractivity contribution >= 4 is 8.48 Å². The minimum atomic E-state index is -1.85. The molecule has 1 heterocycles. The van der Waals surface area contributed by atoms with Crippen LogP contribution in [0.15, 0.2) is 12.3 Å². The first-order chi connectivity index (χ1) is 4.27. The van der Waals surface area contributed by atoms with Crippen LogP contribution in [0.5, 0.6) is 0 Å². The van der Waals surface area contributed by atoms with Crippen LogP contribution in [-0.4, -0.2) is 15.1 Å². The van der Waals surface area contributed by atoms with E-state index in [2.05, 4.69) is 6.58 Å². The van der Waals surface area contributed by atoms with Gasteiger partial charge in [-0.1, -0.05) is 5.70 Å². The normalized spacial score (nSPS) is 36.1. The fourth-order valence-electron chi connectivity index (χ4n) is 0.999. The van der Waals surface area contributed by atoms with E-state index in [4.69, 9.17) is 9.83 Å². The highest BCUT2D eigenvalue weighted by Crippen LogP contribution is 2.16. The predicted octanol–water partition coefficient (Wildman–Crippen LogP) is 0.923. The third-order valence-corrected chi connectivity index (χ3v) is 4.25. The Balaban J connectivity index is 2.46. The summed E-state index contributed by atoms with van der Waals surface area (Å²) in [5.74, 6) is 0. The van der Waals surface area contributed by atoms with Crippen LogP contribution in [0.2, 0.25) is 6.04 Å². The van der Waals surface area contributed by atoms with Gasteiger partial charge < -0.3 is 9.83 Å². The van der Waals surface area contributed by atoms with Gasteiger partial charge in [-0.25, -0.2) is 0 Å². The zero-order valence-electron chi connectivity index (χ0n) is 5.60. The van der Waals surface area contributed by atoms with E-state index in [1.54, 1.807) is 0 Å². The first-order valence-electron chi connectivity index (χ1n) is 3.33. The third-order valence-electron chi connectivity index (χ3n) is 1.68. The predicted molar refractivity (Wildman–Crippen MR) is 40.1 cm³/mol. The Morgan fingerprint density at radius 3 is 2.67 bits per heavy atom. The molecule has 1 rings (SSSR count). The standard InChI is InChI=1S/C6H13NOSi/c1-2-9(7)6-4-3-5-8-9/h2H,1,3-7H2. The lowest BCUT2D eigenvalue weighted by Crippen LogP contribution is -2.49. The molecule has 0 spiro atoms. The first-order valence-corrected chi connectivity index (χ1v) is 5.60. The maximum Gasteiger partial charge on any atom is 0.291 e. The highest BCUT2D eigenvalue weighted by molar-refractivity contribution is 6.75. The van der Waals surface area contributed by atoms with Gasteiger partial charge in [0.1, 0.15) is 0 Å². The zero-order valence-corrected chi connectivity index (χ0v) is 6.60. The molecular formula is C6H13NOSi. The van der Waals surface area contributed by atoms with Gasteiger partial charge in [-0.3, -0.25) is 0 Å². The molecule has 0 bridgehead atoms. The lowest BCUT2D eigenvalue weighted by Gasteiger charge is -2.26. The molecule has 9 heavy (non-hydrogen) atoms. The van der Waals surface area contributed by atoms with Crippen molar-refractivity contribution in [2.75, 3.05) is 6.61 Å². The Kier molecular flexibility index (Phi) is 2.05. The second-order valence-corrected chi connectivity index (χ2v) is 5.57. The van der Waals surface area contributed by atoms with Crippen molar-refractivity contribution in [3.05, 3.63) is 12.3 Å². The summed E-state index contributed by atoms with van der Waals surface area (Å²) in [6.07, 6.45) is 2.38. The van der Waals surface area contributed by atoms with E-state index >= 15 is 0 Å². The summed E-state index contributed by atoms with van der Waals surface area (Å²) in [5, 5.41) is 5.86. The number of hydrogen-bond acceptors (Lipinski definition) is 2. The molecule has 1 unspecified atom stereocenters. The molecule has 2 nitrogen and oxygen atoms in total. The van der Waals surface area contributed by atoms with E-state index in [-0.39, 0.29) is 0 Å². The van der Waals surface area contributed by atoms with Gasteiger partial charge in [0.25, 0.3) is 8.48 Å². The minimum Gasteiger partial charge on any atom is -0.400 e. The smallest absolute Gasteiger partial charge is 0.291 e. The molecule has 52 valence electrons. The van der Waals surface area contributed by atoms with E-state index in [1.807, 2.05) is 5.70 Å². The van der Waals surface area contributed by atoms with Crippen LogP contribution in [0.1, 0.15) is 12.8 Å². The van der Waals surface area contributed by atoms with E-state index in [9.17, 15) is 0 Å². The maximum atomic E-state index is 5.86. The Bertz CT molecular complexity index is 110. The summed E-state index contributed by atoms with van der Waals surface area (Å²) in [7, 11) is -1.85. The molecule has 0 aromatic carbocycles. The van der Waals surface area contributed by atoms with Crippen molar-refractivity contribution in [3.63, 3.8) is 0 Å². The van der Waals surface area contributed by atoms with Gasteiger partial charge in [0.15, 0.2) is 0 Å². The molecule has 2 N–H and O–H groups in total. The van der Waals surface area contributed by atoms with Crippen molar-refractivity contribution in [1.29, 1.82) is 0 Å². The van der Waals surface area contributed by atoms with Gasteiger partial charge in [-0.2, -0.15) is 0 Å². The van der Waals surface area contributed by atoms with E-state index in [0.29, 0.717) is 0 Å². The average molecular weight is 143 g/mol. The largest absolute Gasteiger partial charge is 0.400 e. The lowest BCUT2D eigenvalue weighted by atomic mass is 10.4. The molecule has 1 saturated heterocycles. The molecule has 0 aromatic heterocycles. The molecule has 0 aliphatic carbocycles. The van der Waals surface area contributed by atoms with Crippen LogP contribution in [0.25, 0.3) is 0 Å². The van der Waals surface area contributed by atoms with Crippen LogP contribution in [0.3, 0.4) is 0 Å². The lowest BCUT2D eigenvalue weighted by molar-refractivity contribution is 0.275. The van der Waals surface area contributed by atoms with Gasteiger partial charge in [-0.05, 0) is 18.9 Å². The molecule has 1 aliphatic rings. The Hall–Kier alpha value is -0.123. The monoisotopic (exact) mass is 143 g/mol. The van der Waals surface area contributed by atoms with Gasteiger partial charge in [0, 0.05) is 6.61 Å². The molecule has 1 fully saturated rings. The second kappa shape index (κ2) is 2.64. The average Bonchev–Trinajstić information content (AvgIpc) is 1.90. The first kappa shape index (κ1) is 6.99. The summed E-state index contributed by atoms with van der Waals surface area (Å²) in [4.78, 5) is 0. The second-order valence-electron chi connectivity index (χ2n) is 2.46. The van der Waals surface area contributed by atoms with Crippen LogP contribution in [0, 0.1) is 0 Å². The molecule has 1 atom stereocenters. The van der Waals surface area contributed by atoms with Crippen LogP contribution < -0.4 is 5.40 Å². The van der Waals surface area contributed by atoms with Crippen LogP contribution in [-0.2, 0) is 4.43 Å². The molecule has 0 aromatic rings. The van der Waals surface area contributed by atoms with Gasteiger partial charge in [0.05, 0.1) is 0 Å². The molecule has 0 amide bonds. The SMILES string of the molecule is C=C[Si]1(N)CCCCO1. The van der Waals surface area contributed by atoms with Gasteiger partial charge in [0.2, 0.25) is 0 Å². The minimum absolute atomic E-state index is 0.842. The Morgan fingerprint density at radius 1 is 1.56 bits per heavy atom. The van der Waals surface area contributed by atoms with E-state index < -0.39 is 8.48 Å². The van der Waals surface area contributed by atoms with Crippen LogP contribution in [0.4, 0.5) is 0 Å². The highest BCUT2D eigenvalue weighted by Gasteiger charge is 2.28. The van der Waals surface area contributed by atoms with Crippen molar-refractivity contribution < 1.29 is 4.43 Å². The highest BCUT2D eigenvalue weighted by atomic mass is 28.4.